The normalized spacial score (nSPS) is 9.94. The molecule has 0 aromatic heterocycles. The fourth-order valence-corrected chi connectivity index (χ4v) is 2.07. The Hall–Kier alpha value is -1.14. The van der Waals surface area contributed by atoms with Crippen molar-refractivity contribution >= 4 is 44.7 Å². The van der Waals surface area contributed by atoms with Crippen LogP contribution in [0.3, 0.4) is 0 Å². The van der Waals surface area contributed by atoms with Crippen LogP contribution in [0.5, 0.6) is 0 Å². The van der Waals surface area contributed by atoms with Gasteiger partial charge in [0.2, 0.25) is 5.91 Å². The summed E-state index contributed by atoms with van der Waals surface area (Å²) in [7, 11) is 3.54. The SMILES string of the molecule is CNC(=O)CCN(C)c1cc(Br)ccc1C(N)=S. The highest BCUT2D eigenvalue weighted by atomic mass is 79.9. The molecule has 3 N–H and O–H groups in total. The fraction of sp³-hybridized carbons (Fsp3) is 0.333. The minimum Gasteiger partial charge on any atom is -0.389 e. The van der Waals surface area contributed by atoms with Crippen LogP contribution in [0.15, 0.2) is 22.7 Å². The maximum Gasteiger partial charge on any atom is 0.221 e. The molecule has 0 fully saturated rings. The summed E-state index contributed by atoms with van der Waals surface area (Å²) >= 11 is 8.44. The lowest BCUT2D eigenvalue weighted by molar-refractivity contribution is -0.120. The van der Waals surface area contributed by atoms with Gasteiger partial charge in [-0.3, -0.25) is 4.79 Å². The number of thiocarbonyl (C=S) groups is 1. The number of carbonyl (C=O) groups excluding carboxylic acids is 1. The number of halogens is 1. The molecule has 0 spiro atoms. The Bertz CT molecular complexity index is 465. The molecule has 4 nitrogen and oxygen atoms in total. The Morgan fingerprint density at radius 2 is 2.22 bits per heavy atom. The monoisotopic (exact) mass is 329 g/mol. The Kier molecular flexibility index (Phi) is 5.55. The molecule has 98 valence electrons. The van der Waals surface area contributed by atoms with Gasteiger partial charge in [-0.25, -0.2) is 0 Å². The van der Waals surface area contributed by atoms with Gasteiger partial charge in [-0.2, -0.15) is 0 Å². The Labute approximate surface area is 121 Å². The van der Waals surface area contributed by atoms with Crippen LogP contribution in [-0.4, -0.2) is 31.5 Å². The van der Waals surface area contributed by atoms with Gasteiger partial charge >= 0.3 is 0 Å². The molecule has 0 aliphatic heterocycles. The molecule has 1 aromatic carbocycles. The first-order chi connectivity index (χ1) is 8.45. The van der Waals surface area contributed by atoms with Gasteiger partial charge in [-0.05, 0) is 18.2 Å². The summed E-state index contributed by atoms with van der Waals surface area (Å²) in [6.07, 6.45) is 0.427. The lowest BCUT2D eigenvalue weighted by atomic mass is 10.1. The molecule has 1 rings (SSSR count). The van der Waals surface area contributed by atoms with E-state index >= 15 is 0 Å². The zero-order valence-corrected chi connectivity index (χ0v) is 12.8. The molecule has 0 aliphatic carbocycles. The van der Waals surface area contributed by atoms with E-state index in [1.165, 1.54) is 0 Å². The first-order valence-electron chi connectivity index (χ1n) is 5.46. The van der Waals surface area contributed by atoms with Gasteiger partial charge in [0.25, 0.3) is 0 Å². The summed E-state index contributed by atoms with van der Waals surface area (Å²) in [5, 5.41) is 2.60. The minimum absolute atomic E-state index is 0.00808. The molecule has 18 heavy (non-hydrogen) atoms. The Morgan fingerprint density at radius 3 is 2.78 bits per heavy atom. The second-order valence-electron chi connectivity index (χ2n) is 3.87. The summed E-state index contributed by atoms with van der Waals surface area (Å²) in [6, 6.07) is 5.71. The molecule has 0 heterocycles. The van der Waals surface area contributed by atoms with E-state index in [1.54, 1.807) is 7.05 Å². The van der Waals surface area contributed by atoms with Crippen LogP contribution >= 0.6 is 28.1 Å². The van der Waals surface area contributed by atoms with Crippen molar-refractivity contribution in [3.8, 4) is 0 Å². The number of nitrogens with two attached hydrogens (primary N) is 1. The van der Waals surface area contributed by atoms with Crippen LogP contribution in [0.4, 0.5) is 5.69 Å². The third-order valence-corrected chi connectivity index (χ3v) is 3.30. The number of hydrogen-bond donors (Lipinski definition) is 2. The number of nitrogens with one attached hydrogen (secondary N) is 1. The molecule has 1 aromatic rings. The fourth-order valence-electron chi connectivity index (χ4n) is 1.54. The summed E-state index contributed by atoms with van der Waals surface area (Å²) in [5.74, 6) is 0.00808. The maximum atomic E-state index is 11.2. The summed E-state index contributed by atoms with van der Waals surface area (Å²) in [6.45, 7) is 0.603. The van der Waals surface area contributed by atoms with Crippen LogP contribution in [0, 0.1) is 0 Å². The standard InChI is InChI=1S/C12H16BrN3OS/c1-15-11(17)5-6-16(2)10-7-8(13)3-4-9(10)12(14)18/h3-4,7H,5-6H2,1-2H3,(H2,14,18)(H,15,17). The number of hydrogen-bond acceptors (Lipinski definition) is 3. The van der Waals surface area contributed by atoms with Gasteiger partial charge in [0.1, 0.15) is 4.99 Å². The molecule has 0 saturated carbocycles. The van der Waals surface area contributed by atoms with Crippen molar-refractivity contribution in [2.45, 2.75) is 6.42 Å². The minimum atomic E-state index is 0.00808. The van der Waals surface area contributed by atoms with E-state index in [0.29, 0.717) is 18.0 Å². The van der Waals surface area contributed by atoms with E-state index in [0.717, 1.165) is 15.7 Å². The molecule has 6 heteroatoms. The smallest absolute Gasteiger partial charge is 0.221 e. The average Bonchev–Trinajstić information content (AvgIpc) is 2.34. The van der Waals surface area contributed by atoms with Crippen LogP contribution < -0.4 is 16.0 Å². The van der Waals surface area contributed by atoms with Crippen molar-refractivity contribution in [2.75, 3.05) is 25.5 Å². The van der Waals surface area contributed by atoms with E-state index in [-0.39, 0.29) is 5.91 Å². The molecular weight excluding hydrogens is 314 g/mol. The second kappa shape index (κ2) is 6.70. The van der Waals surface area contributed by atoms with Gasteiger partial charge in [0, 0.05) is 42.8 Å². The predicted octanol–water partition coefficient (Wildman–Crippen LogP) is 1.66. The van der Waals surface area contributed by atoms with E-state index in [1.807, 2.05) is 30.1 Å². The number of nitrogens with zero attached hydrogens (tertiary/aromatic N) is 1. The second-order valence-corrected chi connectivity index (χ2v) is 5.23. The summed E-state index contributed by atoms with van der Waals surface area (Å²) < 4.78 is 0.948. The van der Waals surface area contributed by atoms with Crippen molar-refractivity contribution in [1.29, 1.82) is 0 Å². The van der Waals surface area contributed by atoms with Gasteiger partial charge in [-0.15, -0.1) is 0 Å². The summed E-state index contributed by atoms with van der Waals surface area (Å²) in [5.41, 5.74) is 7.42. The van der Waals surface area contributed by atoms with Gasteiger partial charge in [0.15, 0.2) is 0 Å². The van der Waals surface area contributed by atoms with E-state index in [9.17, 15) is 4.79 Å². The third-order valence-electron chi connectivity index (χ3n) is 2.59. The molecule has 0 saturated heterocycles. The number of rotatable bonds is 5. The zero-order valence-electron chi connectivity index (χ0n) is 10.4. The highest BCUT2D eigenvalue weighted by Crippen LogP contribution is 2.24. The first kappa shape index (κ1) is 14.9. The van der Waals surface area contributed by atoms with E-state index in [2.05, 4.69) is 21.2 Å². The number of carbonyl (C=O) groups is 1. The zero-order chi connectivity index (χ0) is 13.7. The van der Waals surface area contributed by atoms with Crippen molar-refractivity contribution in [2.24, 2.45) is 5.73 Å². The molecule has 1 amide bonds. The lowest BCUT2D eigenvalue weighted by Gasteiger charge is -2.22. The number of benzene rings is 1. The largest absolute Gasteiger partial charge is 0.389 e. The third kappa shape index (κ3) is 3.96. The molecule has 0 bridgehead atoms. The molecule has 0 radical (unpaired) electrons. The highest BCUT2D eigenvalue weighted by Gasteiger charge is 2.11. The molecule has 0 atom stereocenters. The molecule has 0 aliphatic rings. The van der Waals surface area contributed by atoms with Crippen molar-refractivity contribution < 1.29 is 4.79 Å². The lowest BCUT2D eigenvalue weighted by Crippen LogP contribution is -2.28. The van der Waals surface area contributed by atoms with Gasteiger partial charge in [0.05, 0.1) is 0 Å². The maximum absolute atomic E-state index is 11.2. The quantitative estimate of drug-likeness (QED) is 0.806. The predicted molar refractivity (Wildman–Crippen MR) is 82.0 cm³/mol. The molecular formula is C12H16BrN3OS. The van der Waals surface area contributed by atoms with Crippen molar-refractivity contribution in [3.63, 3.8) is 0 Å². The Morgan fingerprint density at radius 1 is 1.56 bits per heavy atom. The van der Waals surface area contributed by atoms with Gasteiger partial charge < -0.3 is 16.0 Å². The number of amides is 1. The number of anilines is 1. The van der Waals surface area contributed by atoms with Crippen LogP contribution in [0.2, 0.25) is 0 Å². The van der Waals surface area contributed by atoms with E-state index in [4.69, 9.17) is 18.0 Å². The van der Waals surface area contributed by atoms with Crippen LogP contribution in [-0.2, 0) is 4.79 Å². The van der Waals surface area contributed by atoms with Crippen molar-refractivity contribution in [1.82, 2.24) is 5.32 Å². The van der Waals surface area contributed by atoms with E-state index < -0.39 is 0 Å². The topological polar surface area (TPSA) is 58.4 Å². The van der Waals surface area contributed by atoms with Crippen LogP contribution in [0.25, 0.3) is 0 Å². The van der Waals surface area contributed by atoms with Crippen molar-refractivity contribution in [3.05, 3.63) is 28.2 Å². The van der Waals surface area contributed by atoms with Gasteiger partial charge in [-0.1, -0.05) is 28.1 Å². The Balaban J connectivity index is 2.89. The first-order valence-corrected chi connectivity index (χ1v) is 6.67. The molecule has 0 unspecified atom stereocenters. The average molecular weight is 330 g/mol. The summed E-state index contributed by atoms with van der Waals surface area (Å²) in [4.78, 5) is 13.6. The van der Waals surface area contributed by atoms with Crippen LogP contribution in [0.1, 0.15) is 12.0 Å². The highest BCUT2D eigenvalue weighted by molar-refractivity contribution is 9.10.